The van der Waals surface area contributed by atoms with Gasteiger partial charge in [-0.15, -0.1) is 0 Å². The molecule has 0 aromatic carbocycles. The summed E-state index contributed by atoms with van der Waals surface area (Å²) in [5.41, 5.74) is 0. The van der Waals surface area contributed by atoms with E-state index in [1.807, 2.05) is 0 Å². The maximum Gasteiger partial charge on any atom is 0.241 e. The van der Waals surface area contributed by atoms with Crippen LogP contribution in [0.25, 0.3) is 0 Å². The number of rotatable bonds is 5. The highest BCUT2D eigenvalue weighted by Gasteiger charge is 2.35. The van der Waals surface area contributed by atoms with Gasteiger partial charge in [0.25, 0.3) is 0 Å². The van der Waals surface area contributed by atoms with Crippen LogP contribution in [-0.2, 0) is 10.0 Å². The first-order valence-electron chi connectivity index (χ1n) is 6.99. The van der Waals surface area contributed by atoms with E-state index >= 15 is 0 Å². The van der Waals surface area contributed by atoms with E-state index in [9.17, 15) is 8.42 Å². The van der Waals surface area contributed by atoms with Gasteiger partial charge in [0.2, 0.25) is 10.0 Å². The predicted molar refractivity (Wildman–Crippen MR) is 77.1 cm³/mol. The van der Waals surface area contributed by atoms with Crippen molar-refractivity contribution >= 4 is 15.8 Å². The quantitative estimate of drug-likeness (QED) is 0.834. The van der Waals surface area contributed by atoms with Crippen LogP contribution in [0.3, 0.4) is 0 Å². The Morgan fingerprint density at radius 3 is 2.85 bits per heavy atom. The summed E-state index contributed by atoms with van der Waals surface area (Å²) in [6.45, 7) is 1.82. The zero-order valence-electron chi connectivity index (χ0n) is 11.5. The Bertz CT molecular complexity index is 586. The van der Waals surface area contributed by atoms with Crippen molar-refractivity contribution in [2.45, 2.75) is 36.2 Å². The summed E-state index contributed by atoms with van der Waals surface area (Å²) in [6, 6.07) is 3.79. The van der Waals surface area contributed by atoms with Crippen LogP contribution in [0.2, 0.25) is 0 Å². The van der Waals surface area contributed by atoms with E-state index in [4.69, 9.17) is 0 Å². The molecule has 7 heteroatoms. The highest BCUT2D eigenvalue weighted by atomic mass is 32.2. The predicted octanol–water partition coefficient (Wildman–Crippen LogP) is 0.638. The number of nitrogens with one attached hydrogen (secondary N) is 2. The molecule has 0 spiro atoms. The molecule has 1 saturated carbocycles. The summed E-state index contributed by atoms with van der Waals surface area (Å²) in [4.78, 5) is 6.69. The first kappa shape index (κ1) is 13.8. The van der Waals surface area contributed by atoms with Crippen LogP contribution in [0.15, 0.2) is 23.2 Å². The molecule has 1 aromatic heterocycles. The second-order valence-corrected chi connectivity index (χ2v) is 7.17. The Balaban J connectivity index is 1.68. The first-order valence-corrected chi connectivity index (χ1v) is 8.47. The fourth-order valence-electron chi connectivity index (χ4n) is 2.66. The van der Waals surface area contributed by atoms with Crippen LogP contribution in [0.1, 0.15) is 19.3 Å². The van der Waals surface area contributed by atoms with Crippen molar-refractivity contribution in [2.24, 2.45) is 0 Å². The number of nitrogens with zero attached hydrogens (tertiary/aromatic N) is 2. The van der Waals surface area contributed by atoms with Crippen LogP contribution in [-0.4, -0.2) is 50.5 Å². The zero-order chi connectivity index (χ0) is 14.2. The molecule has 2 aliphatic rings. The fourth-order valence-corrected chi connectivity index (χ4v) is 3.93. The van der Waals surface area contributed by atoms with Gasteiger partial charge in [0.1, 0.15) is 5.82 Å². The largest absolute Gasteiger partial charge is 0.373 e. The van der Waals surface area contributed by atoms with Crippen molar-refractivity contribution in [3.8, 4) is 0 Å². The Labute approximate surface area is 119 Å². The van der Waals surface area contributed by atoms with E-state index in [2.05, 4.69) is 19.9 Å². The van der Waals surface area contributed by atoms with Crippen molar-refractivity contribution in [1.82, 2.24) is 14.6 Å². The molecule has 20 heavy (non-hydrogen) atoms. The van der Waals surface area contributed by atoms with E-state index in [0.717, 1.165) is 19.5 Å². The topological polar surface area (TPSA) is 74.3 Å². The van der Waals surface area contributed by atoms with Crippen LogP contribution in [0, 0.1) is 0 Å². The molecule has 3 rings (SSSR count). The molecule has 1 atom stereocenters. The number of hydrogen-bond acceptors (Lipinski definition) is 5. The zero-order valence-corrected chi connectivity index (χ0v) is 12.4. The molecule has 0 bridgehead atoms. The van der Waals surface area contributed by atoms with Gasteiger partial charge in [0.05, 0.1) is 4.90 Å². The molecule has 2 N–H and O–H groups in total. The summed E-state index contributed by atoms with van der Waals surface area (Å²) in [7, 11) is -1.74. The number of likely N-dealkylation sites (tertiary alicyclic amines) is 1. The summed E-state index contributed by atoms with van der Waals surface area (Å²) in [5, 5.41) is 2.85. The molecule has 6 nitrogen and oxygen atoms in total. The van der Waals surface area contributed by atoms with Gasteiger partial charge >= 0.3 is 0 Å². The first-order chi connectivity index (χ1) is 9.58. The van der Waals surface area contributed by atoms with E-state index in [-0.39, 0.29) is 10.9 Å². The van der Waals surface area contributed by atoms with E-state index in [0.29, 0.717) is 11.9 Å². The van der Waals surface area contributed by atoms with E-state index in [1.165, 1.54) is 25.1 Å². The molecule has 2 fully saturated rings. The smallest absolute Gasteiger partial charge is 0.241 e. The van der Waals surface area contributed by atoms with Crippen molar-refractivity contribution in [3.63, 3.8) is 0 Å². The van der Waals surface area contributed by atoms with Crippen LogP contribution >= 0.6 is 0 Å². The minimum atomic E-state index is -3.46. The standard InChI is InChI=1S/C13H20N4O2S/c1-14-13-8-12(4-6-15-13)20(18,19)16-10-5-7-17(9-10)11-2-3-11/h4,6,8,10-11,16H,2-3,5,7,9H2,1H3,(H,14,15). The third-order valence-electron chi connectivity index (χ3n) is 3.90. The van der Waals surface area contributed by atoms with Gasteiger partial charge in [0, 0.05) is 44.5 Å². The normalized spacial score (nSPS) is 23.9. The number of hydrogen-bond donors (Lipinski definition) is 2. The van der Waals surface area contributed by atoms with Crippen molar-refractivity contribution < 1.29 is 8.42 Å². The van der Waals surface area contributed by atoms with Crippen LogP contribution in [0.4, 0.5) is 5.82 Å². The van der Waals surface area contributed by atoms with Crippen molar-refractivity contribution in [1.29, 1.82) is 0 Å². The van der Waals surface area contributed by atoms with Crippen molar-refractivity contribution in [3.05, 3.63) is 18.3 Å². The van der Waals surface area contributed by atoms with E-state index < -0.39 is 10.0 Å². The summed E-state index contributed by atoms with van der Waals surface area (Å²) < 4.78 is 27.5. The maximum absolute atomic E-state index is 12.4. The van der Waals surface area contributed by atoms with Crippen molar-refractivity contribution in [2.75, 3.05) is 25.5 Å². The van der Waals surface area contributed by atoms with Gasteiger partial charge in [-0.2, -0.15) is 0 Å². The molecule has 1 aromatic rings. The average Bonchev–Trinajstić information content (AvgIpc) is 3.20. The molecule has 0 amide bonds. The SMILES string of the molecule is CNc1cc(S(=O)(=O)NC2CCN(C3CC3)C2)ccn1. The molecular formula is C13H20N4O2S. The fraction of sp³-hybridized carbons (Fsp3) is 0.615. The molecule has 1 unspecified atom stereocenters. The minimum absolute atomic E-state index is 0.0202. The highest BCUT2D eigenvalue weighted by Crippen LogP contribution is 2.30. The lowest BCUT2D eigenvalue weighted by molar-refractivity contribution is 0.322. The molecule has 0 radical (unpaired) electrons. The molecule has 1 aliphatic carbocycles. The second-order valence-electron chi connectivity index (χ2n) is 5.46. The summed E-state index contributed by atoms with van der Waals surface area (Å²) >= 11 is 0. The molecule has 1 aliphatic heterocycles. The Hall–Kier alpha value is -1.18. The Morgan fingerprint density at radius 1 is 1.35 bits per heavy atom. The summed E-state index contributed by atoms with van der Waals surface area (Å²) in [5.74, 6) is 0.555. The van der Waals surface area contributed by atoms with Gasteiger partial charge in [0.15, 0.2) is 0 Å². The van der Waals surface area contributed by atoms with E-state index in [1.54, 1.807) is 13.1 Å². The van der Waals surface area contributed by atoms with Gasteiger partial charge in [-0.1, -0.05) is 0 Å². The minimum Gasteiger partial charge on any atom is -0.373 e. The average molecular weight is 296 g/mol. The van der Waals surface area contributed by atoms with Crippen LogP contribution < -0.4 is 10.0 Å². The number of anilines is 1. The maximum atomic E-state index is 12.4. The van der Waals surface area contributed by atoms with Crippen LogP contribution in [0.5, 0.6) is 0 Å². The number of aromatic nitrogens is 1. The number of pyridine rings is 1. The molecular weight excluding hydrogens is 276 g/mol. The highest BCUT2D eigenvalue weighted by molar-refractivity contribution is 7.89. The van der Waals surface area contributed by atoms with Gasteiger partial charge in [-0.25, -0.2) is 18.1 Å². The molecule has 2 heterocycles. The van der Waals surface area contributed by atoms with Gasteiger partial charge in [-0.05, 0) is 25.3 Å². The number of sulfonamides is 1. The third-order valence-corrected chi connectivity index (χ3v) is 5.42. The monoisotopic (exact) mass is 296 g/mol. The lowest BCUT2D eigenvalue weighted by Crippen LogP contribution is -2.37. The Morgan fingerprint density at radius 2 is 2.15 bits per heavy atom. The van der Waals surface area contributed by atoms with Gasteiger partial charge < -0.3 is 5.32 Å². The summed E-state index contributed by atoms with van der Waals surface area (Å²) in [6.07, 6.45) is 4.91. The lowest BCUT2D eigenvalue weighted by Gasteiger charge is -2.16. The third kappa shape index (κ3) is 2.94. The Kier molecular flexibility index (Phi) is 3.66. The second kappa shape index (κ2) is 5.31. The molecule has 110 valence electrons. The lowest BCUT2D eigenvalue weighted by atomic mass is 10.3. The van der Waals surface area contributed by atoms with Gasteiger partial charge in [-0.3, -0.25) is 4.90 Å². The molecule has 1 saturated heterocycles.